The zero-order valence-electron chi connectivity index (χ0n) is 9.55. The van der Waals surface area contributed by atoms with Crippen LogP contribution in [0, 0.1) is 20.8 Å². The molecular weight excluding hydrogens is 204 g/mol. The van der Waals surface area contributed by atoms with E-state index in [0.717, 1.165) is 22.3 Å². The quantitative estimate of drug-likeness (QED) is 0.702. The third-order valence-electron chi connectivity index (χ3n) is 2.80. The molecule has 1 atom stereocenters. The summed E-state index contributed by atoms with van der Waals surface area (Å²) in [7, 11) is 0. The van der Waals surface area contributed by atoms with E-state index in [9.17, 15) is 9.59 Å². The molecule has 0 saturated carbocycles. The highest BCUT2D eigenvalue weighted by Crippen LogP contribution is 2.25. The lowest BCUT2D eigenvalue weighted by molar-refractivity contribution is -0.120. The van der Waals surface area contributed by atoms with E-state index < -0.39 is 12.1 Å². The van der Waals surface area contributed by atoms with Crippen molar-refractivity contribution in [1.82, 2.24) is 10.6 Å². The van der Waals surface area contributed by atoms with Crippen LogP contribution in [0.4, 0.5) is 4.79 Å². The van der Waals surface area contributed by atoms with Gasteiger partial charge in [0.25, 0.3) is 5.91 Å². The van der Waals surface area contributed by atoms with Crippen molar-refractivity contribution < 1.29 is 9.59 Å². The van der Waals surface area contributed by atoms with Crippen LogP contribution in [0.25, 0.3) is 0 Å². The highest BCUT2D eigenvalue weighted by molar-refractivity contribution is 6.04. The van der Waals surface area contributed by atoms with Crippen LogP contribution in [0.15, 0.2) is 12.1 Å². The van der Waals surface area contributed by atoms with Gasteiger partial charge in [-0.15, -0.1) is 0 Å². The lowest BCUT2D eigenvalue weighted by atomic mass is 9.94. The van der Waals surface area contributed by atoms with Crippen LogP contribution >= 0.6 is 0 Å². The number of hydrogen-bond donors (Lipinski definition) is 2. The van der Waals surface area contributed by atoms with Crippen LogP contribution < -0.4 is 10.6 Å². The zero-order chi connectivity index (χ0) is 11.9. The Morgan fingerprint density at radius 3 is 2.06 bits per heavy atom. The molecule has 0 aromatic heterocycles. The lowest BCUT2D eigenvalue weighted by Crippen LogP contribution is -2.22. The van der Waals surface area contributed by atoms with Crippen LogP contribution in [0.1, 0.15) is 28.3 Å². The minimum absolute atomic E-state index is 0.278. The Morgan fingerprint density at radius 2 is 1.62 bits per heavy atom. The summed E-state index contributed by atoms with van der Waals surface area (Å²) in [5.74, 6) is -0.278. The average Bonchev–Trinajstić information content (AvgIpc) is 2.43. The lowest BCUT2D eigenvalue weighted by Gasteiger charge is -2.15. The number of hydrogen-bond acceptors (Lipinski definition) is 2. The van der Waals surface area contributed by atoms with Crippen LogP contribution in [-0.4, -0.2) is 11.9 Å². The number of imide groups is 1. The number of carbonyl (C=O) groups is 2. The van der Waals surface area contributed by atoms with Gasteiger partial charge in [0.05, 0.1) is 0 Å². The molecular formula is C12H14N2O2. The number of aryl methyl sites for hydroxylation is 3. The fourth-order valence-corrected chi connectivity index (χ4v) is 2.27. The first-order valence-corrected chi connectivity index (χ1v) is 5.18. The Labute approximate surface area is 94.0 Å². The molecule has 0 spiro atoms. The first-order chi connectivity index (χ1) is 7.49. The summed E-state index contributed by atoms with van der Waals surface area (Å²) in [5, 5.41) is 4.87. The van der Waals surface area contributed by atoms with Crippen molar-refractivity contribution >= 4 is 11.9 Å². The van der Waals surface area contributed by atoms with Crippen molar-refractivity contribution in [3.63, 3.8) is 0 Å². The van der Waals surface area contributed by atoms with Crippen LogP contribution in [0.3, 0.4) is 0 Å². The van der Waals surface area contributed by atoms with Gasteiger partial charge in [-0.05, 0) is 37.5 Å². The topological polar surface area (TPSA) is 58.2 Å². The highest BCUT2D eigenvalue weighted by atomic mass is 16.2. The van der Waals surface area contributed by atoms with Gasteiger partial charge in [0.15, 0.2) is 0 Å². The van der Waals surface area contributed by atoms with Gasteiger partial charge in [-0.3, -0.25) is 10.1 Å². The van der Waals surface area contributed by atoms with Crippen LogP contribution in [0.5, 0.6) is 0 Å². The monoisotopic (exact) mass is 218 g/mol. The molecule has 4 heteroatoms. The molecule has 1 heterocycles. The minimum atomic E-state index is -0.548. The molecule has 0 aliphatic carbocycles. The van der Waals surface area contributed by atoms with Crippen LogP contribution in [-0.2, 0) is 4.79 Å². The van der Waals surface area contributed by atoms with E-state index >= 15 is 0 Å². The van der Waals surface area contributed by atoms with Gasteiger partial charge in [-0.1, -0.05) is 17.7 Å². The Morgan fingerprint density at radius 1 is 1.06 bits per heavy atom. The van der Waals surface area contributed by atoms with E-state index in [-0.39, 0.29) is 5.91 Å². The molecule has 1 aliphatic heterocycles. The van der Waals surface area contributed by atoms with E-state index in [1.54, 1.807) is 0 Å². The van der Waals surface area contributed by atoms with Crippen molar-refractivity contribution in [2.75, 3.05) is 0 Å². The Balaban J connectivity index is 2.48. The van der Waals surface area contributed by atoms with Crippen molar-refractivity contribution in [2.45, 2.75) is 26.8 Å². The molecule has 0 unspecified atom stereocenters. The molecule has 2 rings (SSSR count). The molecule has 1 saturated heterocycles. The predicted octanol–water partition coefficient (Wildman–Crippen LogP) is 1.49. The summed E-state index contributed by atoms with van der Waals surface area (Å²) in [5.41, 5.74) is 4.11. The summed E-state index contributed by atoms with van der Waals surface area (Å²) in [6, 6.07) is 3.06. The molecule has 2 N–H and O–H groups in total. The maximum Gasteiger partial charge on any atom is 0.322 e. The SMILES string of the molecule is Cc1cc(C)c([C@H]2NC(=O)NC2=O)c(C)c1. The van der Waals surface area contributed by atoms with Crippen molar-refractivity contribution in [3.8, 4) is 0 Å². The Kier molecular flexibility index (Phi) is 2.42. The fraction of sp³-hybridized carbons (Fsp3) is 0.333. The molecule has 0 bridgehead atoms. The van der Waals surface area contributed by atoms with Crippen molar-refractivity contribution in [3.05, 3.63) is 34.4 Å². The number of benzene rings is 1. The number of nitrogens with one attached hydrogen (secondary N) is 2. The summed E-state index contributed by atoms with van der Waals surface area (Å²) in [6.45, 7) is 5.91. The number of urea groups is 1. The standard InChI is InChI=1S/C12H14N2O2/c1-6-4-7(2)9(8(3)5-6)10-11(15)14-12(16)13-10/h4-5,10H,1-3H3,(H2,13,14,15,16)/t10-/m1/s1. The fourth-order valence-electron chi connectivity index (χ4n) is 2.27. The highest BCUT2D eigenvalue weighted by Gasteiger charge is 2.32. The first-order valence-electron chi connectivity index (χ1n) is 5.18. The largest absolute Gasteiger partial charge is 0.322 e. The number of carbonyl (C=O) groups excluding carboxylic acids is 2. The van der Waals surface area contributed by atoms with Gasteiger partial charge < -0.3 is 5.32 Å². The predicted molar refractivity (Wildman–Crippen MR) is 60.1 cm³/mol. The maximum absolute atomic E-state index is 11.6. The zero-order valence-corrected chi connectivity index (χ0v) is 9.55. The van der Waals surface area contributed by atoms with Gasteiger partial charge in [-0.25, -0.2) is 4.79 Å². The smallest absolute Gasteiger partial charge is 0.322 e. The summed E-state index contributed by atoms with van der Waals surface area (Å²) < 4.78 is 0. The number of amides is 3. The second kappa shape index (κ2) is 3.63. The van der Waals surface area contributed by atoms with Crippen molar-refractivity contribution in [2.24, 2.45) is 0 Å². The van der Waals surface area contributed by atoms with E-state index in [1.165, 1.54) is 0 Å². The molecule has 4 nitrogen and oxygen atoms in total. The number of rotatable bonds is 1. The third kappa shape index (κ3) is 1.66. The van der Waals surface area contributed by atoms with Crippen LogP contribution in [0.2, 0.25) is 0 Å². The minimum Gasteiger partial charge on any atom is -0.322 e. The molecule has 0 radical (unpaired) electrons. The van der Waals surface area contributed by atoms with Gasteiger partial charge >= 0.3 is 6.03 Å². The molecule has 16 heavy (non-hydrogen) atoms. The second-order valence-electron chi connectivity index (χ2n) is 4.21. The maximum atomic E-state index is 11.6. The summed E-state index contributed by atoms with van der Waals surface area (Å²) in [4.78, 5) is 22.7. The molecule has 1 aromatic rings. The first kappa shape index (κ1) is 10.7. The Hall–Kier alpha value is -1.84. The average molecular weight is 218 g/mol. The van der Waals surface area contributed by atoms with Gasteiger partial charge in [0.1, 0.15) is 6.04 Å². The molecule has 1 fully saturated rings. The molecule has 3 amide bonds. The van der Waals surface area contributed by atoms with Gasteiger partial charge in [0, 0.05) is 0 Å². The van der Waals surface area contributed by atoms with E-state index in [4.69, 9.17) is 0 Å². The van der Waals surface area contributed by atoms with E-state index in [1.807, 2.05) is 32.9 Å². The van der Waals surface area contributed by atoms with E-state index in [2.05, 4.69) is 10.6 Å². The summed E-state index contributed by atoms with van der Waals surface area (Å²) >= 11 is 0. The second-order valence-corrected chi connectivity index (χ2v) is 4.21. The van der Waals surface area contributed by atoms with Crippen molar-refractivity contribution in [1.29, 1.82) is 0 Å². The molecule has 1 aromatic carbocycles. The Bertz CT molecular complexity index is 457. The van der Waals surface area contributed by atoms with E-state index in [0.29, 0.717) is 0 Å². The molecule has 1 aliphatic rings. The van der Waals surface area contributed by atoms with Gasteiger partial charge in [0.2, 0.25) is 0 Å². The molecule has 84 valence electrons. The summed E-state index contributed by atoms with van der Waals surface area (Å²) in [6.07, 6.45) is 0. The van der Waals surface area contributed by atoms with Gasteiger partial charge in [-0.2, -0.15) is 0 Å². The third-order valence-corrected chi connectivity index (χ3v) is 2.80. The normalized spacial score (nSPS) is 19.6.